The second-order valence-electron chi connectivity index (χ2n) is 6.38. The van der Waals surface area contributed by atoms with Gasteiger partial charge in [0.25, 0.3) is 0 Å². The summed E-state index contributed by atoms with van der Waals surface area (Å²) in [7, 11) is 0. The maximum Gasteiger partial charge on any atom is 0.241 e. The molecule has 4 nitrogen and oxygen atoms in total. The topological polar surface area (TPSA) is 35.6 Å². The smallest absolute Gasteiger partial charge is 0.241 e. The molecule has 19 heavy (non-hydrogen) atoms. The number of hydrogen-bond donors (Lipinski definition) is 1. The van der Waals surface area contributed by atoms with Crippen LogP contribution in [0.3, 0.4) is 0 Å². The van der Waals surface area contributed by atoms with E-state index in [9.17, 15) is 4.79 Å². The number of fused-ring (bicyclic) bond motifs is 3. The van der Waals surface area contributed by atoms with Crippen LogP contribution in [-0.2, 0) is 4.79 Å². The average molecular weight is 265 g/mol. The van der Waals surface area contributed by atoms with Gasteiger partial charge in [-0.1, -0.05) is 20.3 Å². The fraction of sp³-hybridized carbons (Fsp3) is 0.933. The van der Waals surface area contributed by atoms with Crippen LogP contribution in [0, 0.1) is 5.92 Å². The molecule has 4 rings (SSSR count). The lowest BCUT2D eigenvalue weighted by molar-refractivity contribution is -0.136. The summed E-state index contributed by atoms with van der Waals surface area (Å²) < 4.78 is 0. The van der Waals surface area contributed by atoms with E-state index >= 15 is 0 Å². The molecule has 0 radical (unpaired) electrons. The standard InChI is InChI=1S/C15H27N3O/c1-3-5-14-16-12(4-2)15(19)18(14)13-10-17-8-6-11(13)7-9-17/h11-14,16H,3-10H2,1-2H3. The Morgan fingerprint density at radius 2 is 2.00 bits per heavy atom. The number of hydrogen-bond acceptors (Lipinski definition) is 3. The molecule has 0 spiro atoms. The van der Waals surface area contributed by atoms with Gasteiger partial charge in [0.05, 0.1) is 12.2 Å². The highest BCUT2D eigenvalue weighted by molar-refractivity contribution is 5.84. The lowest BCUT2D eigenvalue weighted by atomic mass is 9.83. The van der Waals surface area contributed by atoms with Crippen molar-refractivity contribution in [3.05, 3.63) is 0 Å². The molecule has 4 fully saturated rings. The summed E-state index contributed by atoms with van der Waals surface area (Å²) in [5, 5.41) is 3.56. The van der Waals surface area contributed by atoms with Gasteiger partial charge in [-0.05, 0) is 44.7 Å². The molecule has 0 aromatic rings. The number of amides is 1. The zero-order valence-electron chi connectivity index (χ0n) is 12.3. The molecular formula is C15H27N3O. The number of carbonyl (C=O) groups excluding carboxylic acids is 1. The maximum atomic E-state index is 12.6. The van der Waals surface area contributed by atoms with Crippen molar-refractivity contribution in [1.82, 2.24) is 15.1 Å². The maximum absolute atomic E-state index is 12.6. The van der Waals surface area contributed by atoms with Crippen LogP contribution < -0.4 is 5.32 Å². The molecule has 4 heteroatoms. The van der Waals surface area contributed by atoms with Crippen molar-refractivity contribution in [1.29, 1.82) is 0 Å². The van der Waals surface area contributed by atoms with Crippen molar-refractivity contribution in [3.63, 3.8) is 0 Å². The molecule has 0 aliphatic carbocycles. The molecule has 4 aliphatic rings. The van der Waals surface area contributed by atoms with Crippen molar-refractivity contribution in [3.8, 4) is 0 Å². The fourth-order valence-corrected chi connectivity index (χ4v) is 4.15. The van der Waals surface area contributed by atoms with E-state index in [1.165, 1.54) is 25.9 Å². The minimum atomic E-state index is 0.0620. The number of piperidine rings is 3. The van der Waals surface area contributed by atoms with E-state index in [1.54, 1.807) is 0 Å². The van der Waals surface area contributed by atoms with E-state index in [4.69, 9.17) is 0 Å². The first kappa shape index (κ1) is 13.4. The lowest BCUT2D eigenvalue weighted by Gasteiger charge is -2.49. The van der Waals surface area contributed by atoms with Crippen molar-refractivity contribution < 1.29 is 4.79 Å². The molecule has 0 aromatic heterocycles. The molecule has 3 atom stereocenters. The summed E-state index contributed by atoms with van der Waals surface area (Å²) >= 11 is 0. The first-order valence-electron chi connectivity index (χ1n) is 8.05. The van der Waals surface area contributed by atoms with E-state index in [0.29, 0.717) is 11.9 Å². The van der Waals surface area contributed by atoms with Gasteiger partial charge < -0.3 is 9.80 Å². The van der Waals surface area contributed by atoms with Crippen LogP contribution in [0.15, 0.2) is 0 Å². The third kappa shape index (κ3) is 2.29. The molecule has 4 aliphatic heterocycles. The largest absolute Gasteiger partial charge is 0.321 e. The Kier molecular flexibility index (Phi) is 3.81. The highest BCUT2D eigenvalue weighted by Gasteiger charge is 2.46. The first-order valence-corrected chi connectivity index (χ1v) is 8.05. The van der Waals surface area contributed by atoms with Crippen molar-refractivity contribution in [2.75, 3.05) is 19.6 Å². The minimum absolute atomic E-state index is 0.0620. The molecule has 3 unspecified atom stereocenters. The van der Waals surface area contributed by atoms with Crippen molar-refractivity contribution >= 4 is 5.91 Å². The van der Waals surface area contributed by atoms with E-state index in [1.807, 2.05) is 0 Å². The Balaban J connectivity index is 1.78. The SMILES string of the molecule is CCCC1NC(CC)C(=O)N1C1CN2CCC1CC2. The monoisotopic (exact) mass is 265 g/mol. The van der Waals surface area contributed by atoms with Gasteiger partial charge in [-0.15, -0.1) is 0 Å². The van der Waals surface area contributed by atoms with Gasteiger partial charge in [0.1, 0.15) is 0 Å². The van der Waals surface area contributed by atoms with E-state index in [0.717, 1.165) is 31.7 Å². The normalized spacial score (nSPS) is 42.1. The molecule has 0 aromatic carbocycles. The summed E-state index contributed by atoms with van der Waals surface area (Å²) in [6, 6.07) is 0.530. The van der Waals surface area contributed by atoms with Crippen LogP contribution in [-0.4, -0.2) is 53.6 Å². The van der Waals surface area contributed by atoms with Crippen LogP contribution in [0.1, 0.15) is 46.0 Å². The minimum Gasteiger partial charge on any atom is -0.321 e. The summed E-state index contributed by atoms with van der Waals surface area (Å²) in [6.07, 6.45) is 5.99. The van der Waals surface area contributed by atoms with Crippen molar-refractivity contribution in [2.24, 2.45) is 5.92 Å². The highest BCUT2D eigenvalue weighted by atomic mass is 16.2. The second-order valence-corrected chi connectivity index (χ2v) is 6.38. The number of rotatable bonds is 4. The Morgan fingerprint density at radius 3 is 2.53 bits per heavy atom. The second kappa shape index (κ2) is 5.41. The van der Waals surface area contributed by atoms with Gasteiger partial charge in [-0.25, -0.2) is 0 Å². The molecule has 1 amide bonds. The zero-order valence-corrected chi connectivity index (χ0v) is 12.3. The molecule has 2 bridgehead atoms. The predicted molar refractivity (Wildman–Crippen MR) is 75.7 cm³/mol. The Hall–Kier alpha value is -0.610. The van der Waals surface area contributed by atoms with E-state index in [-0.39, 0.29) is 12.2 Å². The molecule has 1 N–H and O–H groups in total. The van der Waals surface area contributed by atoms with Gasteiger partial charge in [-0.3, -0.25) is 10.1 Å². The average Bonchev–Trinajstić information content (AvgIpc) is 2.76. The van der Waals surface area contributed by atoms with Crippen LogP contribution >= 0.6 is 0 Å². The Labute approximate surface area is 116 Å². The molecule has 108 valence electrons. The van der Waals surface area contributed by atoms with E-state index in [2.05, 4.69) is 29.0 Å². The van der Waals surface area contributed by atoms with Crippen LogP contribution in [0.5, 0.6) is 0 Å². The quantitative estimate of drug-likeness (QED) is 0.835. The lowest BCUT2D eigenvalue weighted by Crippen LogP contribution is -2.60. The van der Waals surface area contributed by atoms with Crippen LogP contribution in [0.25, 0.3) is 0 Å². The summed E-state index contributed by atoms with van der Waals surface area (Å²) in [5.41, 5.74) is 0. The Bertz CT molecular complexity index is 338. The molecule has 0 saturated carbocycles. The van der Waals surface area contributed by atoms with Crippen LogP contribution in [0.2, 0.25) is 0 Å². The highest BCUT2D eigenvalue weighted by Crippen LogP contribution is 2.34. The van der Waals surface area contributed by atoms with Gasteiger partial charge in [0, 0.05) is 12.6 Å². The Morgan fingerprint density at radius 1 is 1.26 bits per heavy atom. The summed E-state index contributed by atoms with van der Waals surface area (Å²) in [6.45, 7) is 7.91. The number of carbonyl (C=O) groups is 1. The predicted octanol–water partition coefficient (Wildman–Crippen LogP) is 1.42. The molecule has 4 heterocycles. The first-order chi connectivity index (χ1) is 9.24. The molecule has 4 saturated heterocycles. The van der Waals surface area contributed by atoms with Crippen molar-refractivity contribution in [2.45, 2.75) is 64.2 Å². The van der Waals surface area contributed by atoms with Crippen LogP contribution in [0.4, 0.5) is 0 Å². The van der Waals surface area contributed by atoms with Gasteiger partial charge in [0.15, 0.2) is 0 Å². The molecular weight excluding hydrogens is 238 g/mol. The fourth-order valence-electron chi connectivity index (χ4n) is 4.15. The van der Waals surface area contributed by atoms with Gasteiger partial charge >= 0.3 is 0 Å². The summed E-state index contributed by atoms with van der Waals surface area (Å²) in [4.78, 5) is 17.4. The third-order valence-corrected chi connectivity index (χ3v) is 5.23. The van der Waals surface area contributed by atoms with Gasteiger partial charge in [0.2, 0.25) is 5.91 Å². The third-order valence-electron chi connectivity index (χ3n) is 5.23. The number of nitrogens with zero attached hydrogens (tertiary/aromatic N) is 2. The van der Waals surface area contributed by atoms with Gasteiger partial charge in [-0.2, -0.15) is 0 Å². The zero-order chi connectivity index (χ0) is 13.4. The summed E-state index contributed by atoms with van der Waals surface area (Å²) in [5.74, 6) is 1.10. The number of nitrogens with one attached hydrogen (secondary N) is 1. The van der Waals surface area contributed by atoms with E-state index < -0.39 is 0 Å².